The minimum absolute atomic E-state index is 0.109. The molecule has 0 saturated carbocycles. The number of fused-ring (bicyclic) bond motifs is 2. The maximum absolute atomic E-state index is 14.6. The molecule has 4 aromatic heterocycles. The Morgan fingerprint density at radius 3 is 2.60 bits per heavy atom. The van der Waals surface area contributed by atoms with Crippen molar-refractivity contribution < 1.29 is 9.18 Å². The summed E-state index contributed by atoms with van der Waals surface area (Å²) in [6.07, 6.45) is 3.35. The van der Waals surface area contributed by atoms with E-state index in [4.69, 9.17) is 0 Å². The fourth-order valence-corrected chi connectivity index (χ4v) is 4.72. The SMILES string of the molecule is Cn1c(=O)c2cnc(NCCNC(=O)c3cc(Cc4n[nH]c(=O)c5ccccc45)ccc3F)nc2n1-c1ccccn1. The number of nitrogens with zero attached hydrogens (tertiary/aromatic N) is 6. The standard InChI is InChI=1S/C29H24FN9O3/c1-38-28(42)21-16-34-29(35-25(21)39(38)24-8-4-5-11-31-24)33-13-12-32-26(40)20-14-17(9-10-22(20)30)15-23-18-6-2-3-7-19(18)27(41)37-36-23/h2-11,14,16H,12-13,15H2,1H3,(H,32,40)(H,37,41)(H,33,34,35). The predicted molar refractivity (Wildman–Crippen MR) is 154 cm³/mol. The zero-order valence-corrected chi connectivity index (χ0v) is 22.3. The van der Waals surface area contributed by atoms with Crippen molar-refractivity contribution in [1.29, 1.82) is 0 Å². The molecule has 0 atom stereocenters. The lowest BCUT2D eigenvalue weighted by Crippen LogP contribution is -2.29. The summed E-state index contributed by atoms with van der Waals surface area (Å²) < 4.78 is 17.6. The van der Waals surface area contributed by atoms with Crippen LogP contribution in [0.5, 0.6) is 0 Å². The number of hydrogen-bond donors (Lipinski definition) is 3. The molecule has 12 nitrogen and oxygen atoms in total. The van der Waals surface area contributed by atoms with Gasteiger partial charge in [0.05, 0.1) is 16.6 Å². The molecule has 0 radical (unpaired) electrons. The van der Waals surface area contributed by atoms with Crippen molar-refractivity contribution in [3.63, 3.8) is 0 Å². The van der Waals surface area contributed by atoms with E-state index in [1.54, 1.807) is 54.3 Å². The normalized spacial score (nSPS) is 11.2. The van der Waals surface area contributed by atoms with E-state index < -0.39 is 11.7 Å². The average Bonchev–Trinajstić information content (AvgIpc) is 3.26. The molecule has 3 N–H and O–H groups in total. The van der Waals surface area contributed by atoms with Crippen LogP contribution in [0.15, 0.2) is 82.6 Å². The highest BCUT2D eigenvalue weighted by atomic mass is 19.1. The zero-order valence-electron chi connectivity index (χ0n) is 22.3. The van der Waals surface area contributed by atoms with Crippen LogP contribution >= 0.6 is 0 Å². The van der Waals surface area contributed by atoms with Crippen LogP contribution < -0.4 is 21.8 Å². The van der Waals surface area contributed by atoms with Gasteiger partial charge in [0, 0.05) is 44.3 Å². The van der Waals surface area contributed by atoms with Crippen LogP contribution in [-0.2, 0) is 13.5 Å². The number of carbonyl (C=O) groups is 1. The minimum Gasteiger partial charge on any atom is -0.352 e. The summed E-state index contributed by atoms with van der Waals surface area (Å²) in [6.45, 7) is 0.393. The summed E-state index contributed by atoms with van der Waals surface area (Å²) in [6, 6.07) is 16.7. The Morgan fingerprint density at radius 2 is 1.79 bits per heavy atom. The number of anilines is 1. The maximum Gasteiger partial charge on any atom is 0.277 e. The highest BCUT2D eigenvalue weighted by molar-refractivity contribution is 5.94. The first-order valence-corrected chi connectivity index (χ1v) is 13.0. The van der Waals surface area contributed by atoms with Crippen molar-refractivity contribution in [2.24, 2.45) is 7.05 Å². The second-order valence-corrected chi connectivity index (χ2v) is 9.48. The third-order valence-electron chi connectivity index (χ3n) is 6.78. The second kappa shape index (κ2) is 11.0. The van der Waals surface area contributed by atoms with Crippen LogP contribution in [0.1, 0.15) is 21.6 Å². The Balaban J connectivity index is 1.13. The van der Waals surface area contributed by atoms with Crippen molar-refractivity contribution >= 4 is 33.7 Å². The number of nitrogens with one attached hydrogen (secondary N) is 3. The minimum atomic E-state index is -0.658. The van der Waals surface area contributed by atoms with Crippen molar-refractivity contribution in [1.82, 2.24) is 39.8 Å². The lowest BCUT2D eigenvalue weighted by atomic mass is 10.0. The Bertz CT molecular complexity index is 2070. The molecule has 0 unspecified atom stereocenters. The fourth-order valence-electron chi connectivity index (χ4n) is 4.72. The van der Waals surface area contributed by atoms with Gasteiger partial charge in [0.2, 0.25) is 5.95 Å². The van der Waals surface area contributed by atoms with Gasteiger partial charge in [-0.15, -0.1) is 0 Å². The van der Waals surface area contributed by atoms with Crippen molar-refractivity contribution in [3.8, 4) is 5.82 Å². The largest absolute Gasteiger partial charge is 0.352 e. The lowest BCUT2D eigenvalue weighted by Gasteiger charge is -2.10. The number of pyridine rings is 1. The topological polar surface area (TPSA) is 152 Å². The highest BCUT2D eigenvalue weighted by Gasteiger charge is 2.17. The van der Waals surface area contributed by atoms with Gasteiger partial charge in [-0.2, -0.15) is 10.1 Å². The van der Waals surface area contributed by atoms with Gasteiger partial charge in [-0.3, -0.25) is 14.4 Å². The molecule has 0 spiro atoms. The summed E-state index contributed by atoms with van der Waals surface area (Å²) >= 11 is 0. The van der Waals surface area contributed by atoms with Crippen LogP contribution in [0.2, 0.25) is 0 Å². The second-order valence-electron chi connectivity index (χ2n) is 9.48. The number of halogens is 1. The monoisotopic (exact) mass is 565 g/mol. The van der Waals surface area contributed by atoms with Gasteiger partial charge in [0.1, 0.15) is 11.2 Å². The molecule has 0 fully saturated rings. The first-order chi connectivity index (χ1) is 20.4. The molecule has 6 rings (SSSR count). The smallest absolute Gasteiger partial charge is 0.277 e. The van der Waals surface area contributed by atoms with Crippen LogP contribution in [0, 0.1) is 5.82 Å². The lowest BCUT2D eigenvalue weighted by molar-refractivity contribution is 0.0951. The van der Waals surface area contributed by atoms with E-state index >= 15 is 0 Å². The summed E-state index contributed by atoms with van der Waals surface area (Å²) in [5.41, 5.74) is 0.986. The summed E-state index contributed by atoms with van der Waals surface area (Å²) in [5.74, 6) is -0.466. The average molecular weight is 566 g/mol. The van der Waals surface area contributed by atoms with Gasteiger partial charge in [-0.05, 0) is 35.9 Å². The van der Waals surface area contributed by atoms with E-state index in [2.05, 4.69) is 35.8 Å². The van der Waals surface area contributed by atoms with Gasteiger partial charge < -0.3 is 10.6 Å². The maximum atomic E-state index is 14.6. The fraction of sp³-hybridized carbons (Fsp3) is 0.138. The van der Waals surface area contributed by atoms with Crippen molar-refractivity contribution in [2.45, 2.75) is 6.42 Å². The summed E-state index contributed by atoms with van der Waals surface area (Å²) in [5, 5.41) is 13.9. The van der Waals surface area contributed by atoms with Gasteiger partial charge in [-0.25, -0.2) is 28.8 Å². The van der Waals surface area contributed by atoms with E-state index in [-0.39, 0.29) is 35.7 Å². The molecule has 0 aliphatic heterocycles. The molecule has 0 saturated heterocycles. The number of aromatic nitrogens is 7. The van der Waals surface area contributed by atoms with Crippen LogP contribution in [0.3, 0.4) is 0 Å². The van der Waals surface area contributed by atoms with Crippen LogP contribution in [0.25, 0.3) is 27.6 Å². The van der Waals surface area contributed by atoms with Gasteiger partial charge in [0.25, 0.3) is 17.0 Å². The van der Waals surface area contributed by atoms with Crippen LogP contribution in [-0.4, -0.2) is 53.5 Å². The van der Waals surface area contributed by atoms with Gasteiger partial charge in [-0.1, -0.05) is 30.3 Å². The third-order valence-corrected chi connectivity index (χ3v) is 6.78. The van der Waals surface area contributed by atoms with Gasteiger partial charge in [0.15, 0.2) is 11.5 Å². The quantitative estimate of drug-likeness (QED) is 0.238. The summed E-state index contributed by atoms with van der Waals surface area (Å²) in [4.78, 5) is 50.6. The first-order valence-electron chi connectivity index (χ1n) is 13.0. The number of amides is 1. The molecular formula is C29H24FN9O3. The van der Waals surface area contributed by atoms with E-state index in [1.165, 1.54) is 23.0 Å². The van der Waals surface area contributed by atoms with Crippen molar-refractivity contribution in [2.75, 3.05) is 18.4 Å². The molecule has 13 heteroatoms. The number of aromatic amines is 1. The molecular weight excluding hydrogens is 541 g/mol. The Hall–Kier alpha value is -5.72. The van der Waals surface area contributed by atoms with E-state index in [0.717, 1.165) is 0 Å². The number of rotatable bonds is 8. The summed E-state index contributed by atoms with van der Waals surface area (Å²) in [7, 11) is 1.62. The number of hydrogen-bond acceptors (Lipinski definition) is 8. The van der Waals surface area contributed by atoms with E-state index in [9.17, 15) is 18.8 Å². The highest BCUT2D eigenvalue weighted by Crippen LogP contribution is 2.19. The van der Waals surface area contributed by atoms with Gasteiger partial charge >= 0.3 is 0 Å². The molecule has 2 aromatic carbocycles. The molecule has 0 aliphatic rings. The molecule has 1 amide bonds. The Morgan fingerprint density at radius 1 is 0.976 bits per heavy atom. The first kappa shape index (κ1) is 26.5. The van der Waals surface area contributed by atoms with E-state index in [1.807, 2.05) is 12.1 Å². The molecule has 0 aliphatic carbocycles. The molecule has 42 heavy (non-hydrogen) atoms. The van der Waals surface area contributed by atoms with E-state index in [0.29, 0.717) is 45.3 Å². The predicted octanol–water partition coefficient (Wildman–Crippen LogP) is 2.32. The Kier molecular flexibility index (Phi) is 6.97. The molecule has 4 heterocycles. The van der Waals surface area contributed by atoms with Crippen molar-refractivity contribution in [3.05, 3.63) is 116 Å². The molecule has 0 bridgehead atoms. The molecule has 210 valence electrons. The number of H-pyrrole nitrogens is 1. The Labute approximate surface area is 236 Å². The molecule has 6 aromatic rings. The van der Waals surface area contributed by atoms with Crippen LogP contribution in [0.4, 0.5) is 10.3 Å². The number of benzene rings is 2. The zero-order chi connectivity index (χ0) is 29.2. The number of carbonyl (C=O) groups excluding carboxylic acids is 1. The third kappa shape index (κ3) is 4.98.